The Bertz CT molecular complexity index is 690. The average molecular weight is 283 g/mol. The summed E-state index contributed by atoms with van der Waals surface area (Å²) in [5.74, 6) is 1.60. The van der Waals surface area contributed by atoms with E-state index in [1.54, 1.807) is 20.3 Å². The smallest absolute Gasteiger partial charge is 0.122 e. The minimum Gasteiger partial charge on any atom is -0.497 e. The molecule has 3 heteroatoms. The second kappa shape index (κ2) is 5.92. The van der Waals surface area contributed by atoms with Crippen LogP contribution in [-0.4, -0.2) is 14.2 Å². The molecule has 3 nitrogen and oxygen atoms in total. The molecule has 0 saturated heterocycles. The first-order chi connectivity index (χ1) is 9.97. The van der Waals surface area contributed by atoms with Gasteiger partial charge in [0.25, 0.3) is 0 Å². The van der Waals surface area contributed by atoms with Gasteiger partial charge in [-0.1, -0.05) is 12.6 Å². The minimum absolute atomic E-state index is 0.650. The SMILES string of the molecule is C=C(c1cc(C)c(C)c(OC)c1)c1ccc(OC)cc1N. The highest BCUT2D eigenvalue weighted by molar-refractivity contribution is 5.85. The summed E-state index contributed by atoms with van der Waals surface area (Å²) < 4.78 is 10.6. The van der Waals surface area contributed by atoms with Gasteiger partial charge in [-0.05, 0) is 54.3 Å². The molecular formula is C18H21NO2. The Hall–Kier alpha value is -2.42. The number of benzene rings is 2. The fraction of sp³-hybridized carbons (Fsp3) is 0.222. The van der Waals surface area contributed by atoms with Gasteiger partial charge in [-0.25, -0.2) is 0 Å². The van der Waals surface area contributed by atoms with Crippen LogP contribution in [0.4, 0.5) is 5.69 Å². The molecule has 0 fully saturated rings. The molecule has 0 aliphatic rings. The lowest BCUT2D eigenvalue weighted by molar-refractivity contribution is 0.411. The molecule has 0 bridgehead atoms. The normalized spacial score (nSPS) is 10.3. The van der Waals surface area contributed by atoms with Crippen LogP contribution in [0.15, 0.2) is 36.9 Å². The molecule has 2 N–H and O–H groups in total. The summed E-state index contributed by atoms with van der Waals surface area (Å²) in [6.07, 6.45) is 0. The maximum atomic E-state index is 6.10. The van der Waals surface area contributed by atoms with Gasteiger partial charge in [-0.3, -0.25) is 0 Å². The first-order valence-electron chi connectivity index (χ1n) is 6.76. The van der Waals surface area contributed by atoms with E-state index in [0.717, 1.165) is 39.3 Å². The minimum atomic E-state index is 0.650. The van der Waals surface area contributed by atoms with Crippen LogP contribution in [0.25, 0.3) is 5.57 Å². The van der Waals surface area contributed by atoms with E-state index in [0.29, 0.717) is 5.69 Å². The number of ether oxygens (including phenoxy) is 2. The van der Waals surface area contributed by atoms with Crippen molar-refractivity contribution in [3.8, 4) is 11.5 Å². The summed E-state index contributed by atoms with van der Waals surface area (Å²) in [5.41, 5.74) is 11.8. The summed E-state index contributed by atoms with van der Waals surface area (Å²) >= 11 is 0. The van der Waals surface area contributed by atoms with Crippen molar-refractivity contribution >= 4 is 11.3 Å². The lowest BCUT2D eigenvalue weighted by atomic mass is 9.94. The molecule has 0 aliphatic carbocycles. The highest BCUT2D eigenvalue weighted by Crippen LogP contribution is 2.33. The fourth-order valence-corrected chi connectivity index (χ4v) is 2.31. The van der Waals surface area contributed by atoms with Gasteiger partial charge in [0.2, 0.25) is 0 Å². The summed E-state index contributed by atoms with van der Waals surface area (Å²) in [5, 5.41) is 0. The topological polar surface area (TPSA) is 44.5 Å². The van der Waals surface area contributed by atoms with Gasteiger partial charge in [0.1, 0.15) is 11.5 Å². The lowest BCUT2D eigenvalue weighted by Crippen LogP contribution is -1.98. The Labute approximate surface area is 126 Å². The molecular weight excluding hydrogens is 262 g/mol. The highest BCUT2D eigenvalue weighted by atomic mass is 16.5. The quantitative estimate of drug-likeness (QED) is 0.864. The molecule has 110 valence electrons. The molecule has 0 radical (unpaired) electrons. The van der Waals surface area contributed by atoms with Crippen LogP contribution in [0.2, 0.25) is 0 Å². The second-order valence-electron chi connectivity index (χ2n) is 5.05. The first-order valence-corrected chi connectivity index (χ1v) is 6.76. The lowest BCUT2D eigenvalue weighted by Gasteiger charge is -2.15. The molecule has 0 aliphatic heterocycles. The van der Waals surface area contributed by atoms with E-state index in [1.807, 2.05) is 25.1 Å². The van der Waals surface area contributed by atoms with Gasteiger partial charge in [-0.15, -0.1) is 0 Å². The number of anilines is 1. The van der Waals surface area contributed by atoms with Crippen LogP contribution < -0.4 is 15.2 Å². The largest absolute Gasteiger partial charge is 0.497 e. The Morgan fingerprint density at radius 2 is 1.76 bits per heavy atom. The van der Waals surface area contributed by atoms with E-state index >= 15 is 0 Å². The third-order valence-electron chi connectivity index (χ3n) is 3.77. The molecule has 0 unspecified atom stereocenters. The van der Waals surface area contributed by atoms with Gasteiger partial charge in [0, 0.05) is 17.3 Å². The zero-order valence-corrected chi connectivity index (χ0v) is 13.0. The molecule has 0 atom stereocenters. The molecule has 0 heterocycles. The number of methoxy groups -OCH3 is 2. The number of hydrogen-bond donors (Lipinski definition) is 1. The van der Waals surface area contributed by atoms with Gasteiger partial charge in [-0.2, -0.15) is 0 Å². The third kappa shape index (κ3) is 2.87. The monoisotopic (exact) mass is 283 g/mol. The van der Waals surface area contributed by atoms with Crippen molar-refractivity contribution in [1.29, 1.82) is 0 Å². The molecule has 0 amide bonds. The van der Waals surface area contributed by atoms with Crippen molar-refractivity contribution in [2.75, 3.05) is 20.0 Å². The van der Waals surface area contributed by atoms with Crippen LogP contribution in [0.1, 0.15) is 22.3 Å². The summed E-state index contributed by atoms with van der Waals surface area (Å²) in [6, 6.07) is 9.71. The van der Waals surface area contributed by atoms with E-state index in [9.17, 15) is 0 Å². The van der Waals surface area contributed by atoms with Crippen molar-refractivity contribution in [2.24, 2.45) is 0 Å². The predicted octanol–water partition coefficient (Wildman–Crippen LogP) is 3.96. The molecule has 2 aromatic carbocycles. The number of rotatable bonds is 4. The summed E-state index contributed by atoms with van der Waals surface area (Å²) in [7, 11) is 3.30. The maximum Gasteiger partial charge on any atom is 0.122 e. The van der Waals surface area contributed by atoms with Crippen molar-refractivity contribution in [2.45, 2.75) is 13.8 Å². The third-order valence-corrected chi connectivity index (χ3v) is 3.77. The maximum absolute atomic E-state index is 6.10. The summed E-state index contributed by atoms with van der Waals surface area (Å²) in [6.45, 7) is 8.29. The first kappa shape index (κ1) is 15.0. The Balaban J connectivity index is 2.47. The average Bonchev–Trinajstić information content (AvgIpc) is 2.49. The van der Waals surface area contributed by atoms with Crippen LogP contribution in [0, 0.1) is 13.8 Å². The number of nitrogen functional groups attached to an aromatic ring is 1. The Morgan fingerprint density at radius 1 is 1.05 bits per heavy atom. The molecule has 2 aromatic rings. The van der Waals surface area contributed by atoms with Gasteiger partial charge in [0.15, 0.2) is 0 Å². The standard InChI is InChI=1S/C18H21NO2/c1-11-8-14(9-18(21-5)12(11)2)13(3)16-7-6-15(20-4)10-17(16)19/h6-10H,3,19H2,1-2,4-5H3. The van der Waals surface area contributed by atoms with E-state index < -0.39 is 0 Å². The van der Waals surface area contributed by atoms with E-state index in [2.05, 4.69) is 19.6 Å². The van der Waals surface area contributed by atoms with Crippen LogP contribution in [-0.2, 0) is 0 Å². The van der Waals surface area contributed by atoms with Gasteiger partial charge < -0.3 is 15.2 Å². The number of hydrogen-bond acceptors (Lipinski definition) is 3. The van der Waals surface area contributed by atoms with Gasteiger partial charge >= 0.3 is 0 Å². The molecule has 21 heavy (non-hydrogen) atoms. The van der Waals surface area contributed by atoms with Crippen molar-refractivity contribution in [3.05, 3.63) is 59.2 Å². The molecule has 0 aromatic heterocycles. The molecule has 0 spiro atoms. The number of aryl methyl sites for hydroxylation is 1. The molecule has 2 rings (SSSR count). The van der Waals surface area contributed by atoms with Crippen molar-refractivity contribution < 1.29 is 9.47 Å². The second-order valence-corrected chi connectivity index (χ2v) is 5.05. The zero-order chi connectivity index (χ0) is 15.6. The Kier molecular flexibility index (Phi) is 4.22. The van der Waals surface area contributed by atoms with E-state index in [4.69, 9.17) is 15.2 Å². The van der Waals surface area contributed by atoms with Crippen molar-refractivity contribution in [1.82, 2.24) is 0 Å². The Morgan fingerprint density at radius 3 is 2.33 bits per heavy atom. The van der Waals surface area contributed by atoms with Crippen LogP contribution in [0.3, 0.4) is 0 Å². The van der Waals surface area contributed by atoms with Gasteiger partial charge in [0.05, 0.1) is 14.2 Å². The number of nitrogens with two attached hydrogens (primary N) is 1. The predicted molar refractivity (Wildman–Crippen MR) is 88.0 cm³/mol. The zero-order valence-electron chi connectivity index (χ0n) is 13.0. The molecule has 0 saturated carbocycles. The highest BCUT2D eigenvalue weighted by Gasteiger charge is 2.11. The van der Waals surface area contributed by atoms with E-state index in [-0.39, 0.29) is 0 Å². The fourth-order valence-electron chi connectivity index (χ4n) is 2.31. The van der Waals surface area contributed by atoms with Crippen LogP contribution in [0.5, 0.6) is 11.5 Å². The van der Waals surface area contributed by atoms with E-state index in [1.165, 1.54) is 0 Å². The van der Waals surface area contributed by atoms with Crippen molar-refractivity contribution in [3.63, 3.8) is 0 Å². The van der Waals surface area contributed by atoms with Crippen LogP contribution >= 0.6 is 0 Å². The summed E-state index contributed by atoms with van der Waals surface area (Å²) in [4.78, 5) is 0.